The lowest BCUT2D eigenvalue weighted by Crippen LogP contribution is -2.38. The van der Waals surface area contributed by atoms with Crippen LogP contribution in [-0.2, 0) is 11.2 Å². The Hall–Kier alpha value is -2.01. The summed E-state index contributed by atoms with van der Waals surface area (Å²) in [6.45, 7) is 1.08. The number of amides is 1. The van der Waals surface area contributed by atoms with Gasteiger partial charge < -0.3 is 14.4 Å². The molecule has 0 aromatic heterocycles. The van der Waals surface area contributed by atoms with Crippen molar-refractivity contribution in [3.05, 3.63) is 52.5 Å². The monoisotopic (exact) mass is 361 g/mol. The van der Waals surface area contributed by atoms with Crippen molar-refractivity contribution >= 4 is 27.5 Å². The minimum Gasteiger partial charge on any atom is -0.497 e. The van der Waals surface area contributed by atoms with Gasteiger partial charge in [-0.2, -0.15) is 0 Å². The van der Waals surface area contributed by atoms with Crippen molar-refractivity contribution < 1.29 is 14.3 Å². The molecule has 0 unspecified atom stereocenters. The minimum absolute atomic E-state index is 0.0628. The molecule has 4 nitrogen and oxygen atoms in total. The summed E-state index contributed by atoms with van der Waals surface area (Å²) in [5, 5.41) is 0. The fourth-order valence-electron chi connectivity index (χ4n) is 2.46. The number of carbonyl (C=O) groups is 1. The van der Waals surface area contributed by atoms with Crippen molar-refractivity contribution in [2.45, 2.75) is 6.42 Å². The van der Waals surface area contributed by atoms with Gasteiger partial charge in [-0.3, -0.25) is 4.79 Å². The van der Waals surface area contributed by atoms with E-state index in [2.05, 4.69) is 15.9 Å². The molecule has 0 radical (unpaired) electrons. The number of ether oxygens (including phenoxy) is 2. The third kappa shape index (κ3) is 3.09. The second-order valence-corrected chi connectivity index (χ2v) is 5.95. The molecule has 2 aromatic carbocycles. The number of fused-ring (bicyclic) bond motifs is 1. The van der Waals surface area contributed by atoms with Crippen LogP contribution in [0.4, 0.5) is 5.69 Å². The molecule has 22 heavy (non-hydrogen) atoms. The van der Waals surface area contributed by atoms with Gasteiger partial charge in [-0.1, -0.05) is 28.1 Å². The molecule has 0 aliphatic carbocycles. The zero-order valence-corrected chi connectivity index (χ0v) is 13.8. The number of nitrogens with zero attached hydrogens (tertiary/aromatic N) is 1. The average molecular weight is 362 g/mol. The van der Waals surface area contributed by atoms with Crippen LogP contribution in [0, 0.1) is 0 Å². The molecule has 3 rings (SSSR count). The summed E-state index contributed by atoms with van der Waals surface area (Å²) in [4.78, 5) is 14.4. The molecule has 2 aromatic rings. The van der Waals surface area contributed by atoms with Gasteiger partial charge in [-0.05, 0) is 35.9 Å². The smallest absolute Gasteiger partial charge is 0.231 e. The van der Waals surface area contributed by atoms with Gasteiger partial charge in [0.25, 0.3) is 0 Å². The number of halogens is 1. The van der Waals surface area contributed by atoms with Crippen LogP contribution in [0.1, 0.15) is 5.56 Å². The van der Waals surface area contributed by atoms with Gasteiger partial charge in [0.05, 0.1) is 25.8 Å². The van der Waals surface area contributed by atoms with Gasteiger partial charge in [0.2, 0.25) is 5.91 Å². The maximum atomic E-state index is 12.6. The molecule has 114 valence electrons. The maximum absolute atomic E-state index is 12.6. The highest BCUT2D eigenvalue weighted by Crippen LogP contribution is 2.34. The van der Waals surface area contributed by atoms with E-state index >= 15 is 0 Å². The predicted octanol–water partition coefficient (Wildman–Crippen LogP) is 3.43. The molecule has 0 fully saturated rings. The Morgan fingerprint density at radius 3 is 2.77 bits per heavy atom. The van der Waals surface area contributed by atoms with Gasteiger partial charge in [0.15, 0.2) is 0 Å². The van der Waals surface area contributed by atoms with Gasteiger partial charge in [-0.25, -0.2) is 0 Å². The topological polar surface area (TPSA) is 38.8 Å². The zero-order chi connectivity index (χ0) is 15.5. The van der Waals surface area contributed by atoms with E-state index in [-0.39, 0.29) is 5.91 Å². The standard InChI is InChI=1S/C17H16BrNO3/c1-21-14-5-2-12(3-6-14)10-17(20)19-8-9-22-16-7-4-13(18)11-15(16)19/h2-7,11H,8-10H2,1H3. The van der Waals surface area contributed by atoms with Crippen molar-refractivity contribution in [2.75, 3.05) is 25.2 Å². The molecule has 0 N–H and O–H groups in total. The highest BCUT2D eigenvalue weighted by atomic mass is 79.9. The first kappa shape index (κ1) is 14.9. The highest BCUT2D eigenvalue weighted by molar-refractivity contribution is 9.10. The summed E-state index contributed by atoms with van der Waals surface area (Å²) in [6, 6.07) is 13.3. The average Bonchev–Trinajstić information content (AvgIpc) is 2.55. The summed E-state index contributed by atoms with van der Waals surface area (Å²) < 4.78 is 11.7. The van der Waals surface area contributed by atoms with Gasteiger partial charge in [-0.15, -0.1) is 0 Å². The largest absolute Gasteiger partial charge is 0.497 e. The number of anilines is 1. The lowest BCUT2D eigenvalue weighted by atomic mass is 10.1. The van der Waals surface area contributed by atoms with Gasteiger partial charge in [0, 0.05) is 4.47 Å². The van der Waals surface area contributed by atoms with E-state index < -0.39 is 0 Å². The third-order valence-electron chi connectivity index (χ3n) is 3.60. The highest BCUT2D eigenvalue weighted by Gasteiger charge is 2.23. The zero-order valence-electron chi connectivity index (χ0n) is 12.2. The first-order chi connectivity index (χ1) is 10.7. The van der Waals surface area contributed by atoms with Crippen LogP contribution in [0.5, 0.6) is 11.5 Å². The molecule has 1 amide bonds. The molecule has 5 heteroatoms. The maximum Gasteiger partial charge on any atom is 0.231 e. The molecule has 0 saturated heterocycles. The first-order valence-corrected chi connectivity index (χ1v) is 7.82. The van der Waals surface area contributed by atoms with Gasteiger partial charge >= 0.3 is 0 Å². The number of hydrogen-bond donors (Lipinski definition) is 0. The minimum atomic E-state index is 0.0628. The van der Waals surface area contributed by atoms with E-state index in [1.54, 1.807) is 12.0 Å². The summed E-state index contributed by atoms with van der Waals surface area (Å²) in [5.41, 5.74) is 1.79. The molecule has 0 saturated carbocycles. The molecular formula is C17H16BrNO3. The molecule has 0 bridgehead atoms. The Kier molecular flexibility index (Phi) is 4.34. The molecular weight excluding hydrogens is 346 g/mol. The number of carbonyl (C=O) groups excluding carboxylic acids is 1. The van der Waals surface area contributed by atoms with E-state index in [0.29, 0.717) is 19.6 Å². The Morgan fingerprint density at radius 1 is 1.27 bits per heavy atom. The van der Waals surface area contributed by atoms with Crippen LogP contribution in [0.3, 0.4) is 0 Å². The van der Waals surface area contributed by atoms with E-state index in [0.717, 1.165) is 27.2 Å². The Labute approximate surface area is 137 Å². The Balaban J connectivity index is 1.79. The number of benzene rings is 2. The first-order valence-electron chi connectivity index (χ1n) is 7.03. The van der Waals surface area contributed by atoms with Crippen LogP contribution in [0.25, 0.3) is 0 Å². The summed E-state index contributed by atoms with van der Waals surface area (Å²) >= 11 is 3.44. The summed E-state index contributed by atoms with van der Waals surface area (Å²) in [5.74, 6) is 1.60. The van der Waals surface area contributed by atoms with Crippen LogP contribution in [0.15, 0.2) is 46.9 Å². The normalized spacial score (nSPS) is 13.3. The predicted molar refractivity (Wildman–Crippen MR) is 88.7 cm³/mol. The molecule has 1 aliphatic heterocycles. The lowest BCUT2D eigenvalue weighted by Gasteiger charge is -2.29. The second kappa shape index (κ2) is 6.40. The third-order valence-corrected chi connectivity index (χ3v) is 4.09. The van der Waals surface area contributed by atoms with E-state index in [1.165, 1.54) is 0 Å². The fraction of sp³-hybridized carbons (Fsp3) is 0.235. The van der Waals surface area contributed by atoms with Gasteiger partial charge in [0.1, 0.15) is 18.1 Å². The van der Waals surface area contributed by atoms with Crippen molar-refractivity contribution in [1.29, 1.82) is 0 Å². The van der Waals surface area contributed by atoms with Crippen molar-refractivity contribution in [3.63, 3.8) is 0 Å². The van der Waals surface area contributed by atoms with Crippen LogP contribution in [-0.4, -0.2) is 26.2 Å². The summed E-state index contributed by atoms with van der Waals surface area (Å²) in [7, 11) is 1.63. The van der Waals surface area contributed by atoms with E-state index in [1.807, 2.05) is 42.5 Å². The van der Waals surface area contributed by atoms with E-state index in [9.17, 15) is 4.79 Å². The number of methoxy groups -OCH3 is 1. The van der Waals surface area contributed by atoms with Crippen molar-refractivity contribution in [3.8, 4) is 11.5 Å². The second-order valence-electron chi connectivity index (χ2n) is 5.03. The number of hydrogen-bond acceptors (Lipinski definition) is 3. The number of rotatable bonds is 3. The lowest BCUT2D eigenvalue weighted by molar-refractivity contribution is -0.118. The molecule has 0 atom stereocenters. The molecule has 1 aliphatic rings. The fourth-order valence-corrected chi connectivity index (χ4v) is 2.81. The van der Waals surface area contributed by atoms with Crippen LogP contribution >= 0.6 is 15.9 Å². The molecule has 1 heterocycles. The SMILES string of the molecule is COc1ccc(CC(=O)N2CCOc3ccc(Br)cc32)cc1. The summed E-state index contributed by atoms with van der Waals surface area (Å²) in [6.07, 6.45) is 0.357. The Bertz CT molecular complexity index is 685. The van der Waals surface area contributed by atoms with Crippen molar-refractivity contribution in [2.24, 2.45) is 0 Å². The van der Waals surface area contributed by atoms with Crippen LogP contribution in [0.2, 0.25) is 0 Å². The van der Waals surface area contributed by atoms with E-state index in [4.69, 9.17) is 9.47 Å². The molecule has 0 spiro atoms. The van der Waals surface area contributed by atoms with Crippen molar-refractivity contribution in [1.82, 2.24) is 0 Å². The Morgan fingerprint density at radius 2 is 2.05 bits per heavy atom. The van der Waals surface area contributed by atoms with Crippen LogP contribution < -0.4 is 14.4 Å². The quantitative estimate of drug-likeness (QED) is 0.840.